The summed E-state index contributed by atoms with van der Waals surface area (Å²) < 4.78 is 28.2. The van der Waals surface area contributed by atoms with Gasteiger partial charge in [-0.2, -0.15) is 5.26 Å². The van der Waals surface area contributed by atoms with E-state index in [2.05, 4.69) is 10.8 Å². The molecule has 0 saturated heterocycles. The average Bonchev–Trinajstić information content (AvgIpc) is 3.05. The Balaban J connectivity index is 1.71. The number of fused-ring (bicyclic) bond motifs is 2. The normalized spacial score (nSPS) is 17.8. The van der Waals surface area contributed by atoms with Crippen molar-refractivity contribution < 1.29 is 13.2 Å². The van der Waals surface area contributed by atoms with Crippen molar-refractivity contribution >= 4 is 21.6 Å². The van der Waals surface area contributed by atoms with E-state index in [1.54, 1.807) is 43.9 Å². The zero-order chi connectivity index (χ0) is 23.1. The number of carbonyl (C=O) groups excluding carboxylic acids is 1. The summed E-state index contributed by atoms with van der Waals surface area (Å²) in [6.07, 6.45) is 5.36. The lowest BCUT2D eigenvalue weighted by Crippen LogP contribution is -2.40. The van der Waals surface area contributed by atoms with Crippen molar-refractivity contribution in [3.63, 3.8) is 0 Å². The minimum absolute atomic E-state index is 0.0740. The van der Waals surface area contributed by atoms with Crippen LogP contribution in [0, 0.1) is 11.3 Å². The lowest BCUT2D eigenvalue weighted by atomic mass is 9.70. The van der Waals surface area contributed by atoms with Crippen molar-refractivity contribution in [3.05, 3.63) is 59.2 Å². The van der Waals surface area contributed by atoms with Gasteiger partial charge in [0.25, 0.3) is 5.91 Å². The zero-order valence-corrected chi connectivity index (χ0v) is 19.6. The number of amides is 1. The number of hydrogen-bond acceptors (Lipinski definition) is 4. The van der Waals surface area contributed by atoms with Gasteiger partial charge in [-0.3, -0.25) is 4.79 Å². The van der Waals surface area contributed by atoms with Crippen LogP contribution in [-0.4, -0.2) is 26.4 Å². The number of anilines is 1. The molecule has 1 amide bonds. The molecule has 2 aromatic rings. The molecule has 1 spiro atoms. The SMILES string of the molecule is CC(C)(C)NS(=O)(=O)c1cccc(C(=O)N2CC3(CCCCC3)c3cc(C#N)ccc32)c1. The van der Waals surface area contributed by atoms with E-state index in [1.807, 2.05) is 12.1 Å². The van der Waals surface area contributed by atoms with E-state index in [1.165, 1.54) is 18.6 Å². The number of carbonyl (C=O) groups is 1. The van der Waals surface area contributed by atoms with Gasteiger partial charge < -0.3 is 4.90 Å². The fourth-order valence-electron chi connectivity index (χ4n) is 4.99. The summed E-state index contributed by atoms with van der Waals surface area (Å²) >= 11 is 0. The van der Waals surface area contributed by atoms with Crippen LogP contribution in [0.4, 0.5) is 5.69 Å². The molecule has 0 aromatic heterocycles. The lowest BCUT2D eigenvalue weighted by Gasteiger charge is -2.34. The van der Waals surface area contributed by atoms with E-state index in [-0.39, 0.29) is 16.2 Å². The molecule has 1 fully saturated rings. The molecule has 1 heterocycles. The minimum atomic E-state index is -3.75. The number of benzene rings is 2. The topological polar surface area (TPSA) is 90.3 Å². The van der Waals surface area contributed by atoms with Crippen LogP contribution in [0.25, 0.3) is 0 Å². The number of nitrogens with zero attached hydrogens (tertiary/aromatic N) is 2. The highest BCUT2D eigenvalue weighted by Gasteiger charge is 2.45. The third kappa shape index (κ3) is 4.17. The molecular weight excluding hydrogens is 422 g/mol. The predicted molar refractivity (Wildman–Crippen MR) is 124 cm³/mol. The molecule has 168 valence electrons. The van der Waals surface area contributed by atoms with E-state index in [0.717, 1.165) is 36.9 Å². The Morgan fingerprint density at radius 3 is 2.47 bits per heavy atom. The van der Waals surface area contributed by atoms with Gasteiger partial charge in [-0.05, 0) is 75.6 Å². The molecule has 0 unspecified atom stereocenters. The summed E-state index contributed by atoms with van der Waals surface area (Å²) in [5.41, 5.74) is 2.08. The molecule has 6 nitrogen and oxygen atoms in total. The number of hydrogen-bond donors (Lipinski definition) is 1. The fraction of sp³-hybridized carbons (Fsp3) is 0.440. The molecule has 0 atom stereocenters. The fourth-order valence-corrected chi connectivity index (χ4v) is 6.45. The molecule has 1 aliphatic carbocycles. The van der Waals surface area contributed by atoms with Gasteiger partial charge in [0.2, 0.25) is 10.0 Å². The summed E-state index contributed by atoms with van der Waals surface area (Å²) in [5.74, 6) is -0.216. The third-order valence-electron chi connectivity index (χ3n) is 6.34. The largest absolute Gasteiger partial charge is 0.307 e. The maximum atomic E-state index is 13.6. The van der Waals surface area contributed by atoms with Crippen molar-refractivity contribution in [1.29, 1.82) is 5.26 Å². The standard InChI is InChI=1S/C25H29N3O3S/c1-24(2,3)27-32(30,31)20-9-7-8-19(15-20)23(29)28-17-25(12-5-4-6-13-25)21-14-18(16-26)10-11-22(21)28/h7-11,14-15,27H,4-6,12-13,17H2,1-3H3. The smallest absolute Gasteiger partial charge is 0.258 e. The molecule has 7 heteroatoms. The molecule has 2 aromatic carbocycles. The molecule has 32 heavy (non-hydrogen) atoms. The molecule has 1 aliphatic heterocycles. The van der Waals surface area contributed by atoms with E-state index in [0.29, 0.717) is 17.7 Å². The number of sulfonamides is 1. The number of rotatable bonds is 3. The zero-order valence-electron chi connectivity index (χ0n) is 18.8. The van der Waals surface area contributed by atoms with Crippen LogP contribution >= 0.6 is 0 Å². The monoisotopic (exact) mass is 451 g/mol. The Labute approximate surface area is 190 Å². The van der Waals surface area contributed by atoms with E-state index >= 15 is 0 Å². The van der Waals surface area contributed by atoms with E-state index in [4.69, 9.17) is 0 Å². The summed E-state index contributed by atoms with van der Waals surface area (Å²) in [4.78, 5) is 15.4. The Kier molecular flexibility index (Phi) is 5.64. The van der Waals surface area contributed by atoms with Crippen LogP contribution in [0.2, 0.25) is 0 Å². The summed E-state index contributed by atoms with van der Waals surface area (Å²) in [7, 11) is -3.75. The molecule has 4 rings (SSSR count). The predicted octanol–water partition coefficient (Wildman–Crippen LogP) is 4.50. The Bertz CT molecular complexity index is 1200. The van der Waals surface area contributed by atoms with Crippen LogP contribution in [0.3, 0.4) is 0 Å². The van der Waals surface area contributed by atoms with Gasteiger partial charge in [0, 0.05) is 28.7 Å². The first-order valence-corrected chi connectivity index (χ1v) is 12.5. The van der Waals surface area contributed by atoms with Gasteiger partial charge in [0.15, 0.2) is 0 Å². The highest BCUT2D eigenvalue weighted by Crippen LogP contribution is 2.49. The summed E-state index contributed by atoms with van der Waals surface area (Å²) in [6.45, 7) is 5.90. The van der Waals surface area contributed by atoms with Crippen molar-refractivity contribution in [1.82, 2.24) is 4.72 Å². The molecule has 1 N–H and O–H groups in total. The second-order valence-corrected chi connectivity index (χ2v) is 11.6. The van der Waals surface area contributed by atoms with Gasteiger partial charge >= 0.3 is 0 Å². The highest BCUT2D eigenvalue weighted by molar-refractivity contribution is 7.89. The van der Waals surface area contributed by atoms with Gasteiger partial charge in [-0.25, -0.2) is 13.1 Å². The van der Waals surface area contributed by atoms with Gasteiger partial charge in [0.1, 0.15) is 0 Å². The summed E-state index contributed by atoms with van der Waals surface area (Å²) in [5, 5.41) is 9.40. The molecule has 0 radical (unpaired) electrons. The van der Waals surface area contributed by atoms with Gasteiger partial charge in [-0.1, -0.05) is 25.3 Å². The van der Waals surface area contributed by atoms with Gasteiger partial charge in [-0.15, -0.1) is 0 Å². The number of nitrogens with one attached hydrogen (secondary N) is 1. The molecule has 0 bridgehead atoms. The molecular formula is C25H29N3O3S. The van der Waals surface area contributed by atoms with Crippen molar-refractivity contribution in [2.45, 2.75) is 68.7 Å². The van der Waals surface area contributed by atoms with Crippen molar-refractivity contribution in [2.24, 2.45) is 0 Å². The average molecular weight is 452 g/mol. The van der Waals surface area contributed by atoms with E-state index < -0.39 is 15.6 Å². The Morgan fingerprint density at radius 2 is 1.81 bits per heavy atom. The first kappa shape index (κ1) is 22.5. The minimum Gasteiger partial charge on any atom is -0.307 e. The maximum absolute atomic E-state index is 13.6. The number of nitriles is 1. The molecule has 1 saturated carbocycles. The second-order valence-electron chi connectivity index (χ2n) is 9.96. The lowest BCUT2D eigenvalue weighted by molar-refractivity contribution is 0.0982. The highest BCUT2D eigenvalue weighted by atomic mass is 32.2. The molecule has 2 aliphatic rings. The van der Waals surface area contributed by atoms with Crippen LogP contribution in [0.15, 0.2) is 47.4 Å². The third-order valence-corrected chi connectivity index (χ3v) is 8.09. The van der Waals surface area contributed by atoms with Crippen molar-refractivity contribution in [2.75, 3.05) is 11.4 Å². The van der Waals surface area contributed by atoms with Crippen LogP contribution in [-0.2, 0) is 15.4 Å². The summed E-state index contributed by atoms with van der Waals surface area (Å²) in [6, 6.07) is 14.0. The maximum Gasteiger partial charge on any atom is 0.258 e. The first-order chi connectivity index (χ1) is 15.0. The first-order valence-electron chi connectivity index (χ1n) is 11.1. The van der Waals surface area contributed by atoms with Crippen molar-refractivity contribution in [3.8, 4) is 6.07 Å². The van der Waals surface area contributed by atoms with Gasteiger partial charge in [0.05, 0.1) is 16.5 Å². The van der Waals surface area contributed by atoms with Crippen LogP contribution in [0.1, 0.15) is 74.4 Å². The van der Waals surface area contributed by atoms with Crippen LogP contribution in [0.5, 0.6) is 0 Å². The van der Waals surface area contributed by atoms with E-state index in [9.17, 15) is 18.5 Å². The Hall–Kier alpha value is -2.69. The quantitative estimate of drug-likeness (QED) is 0.744. The van der Waals surface area contributed by atoms with Crippen LogP contribution < -0.4 is 9.62 Å². The second kappa shape index (κ2) is 8.02. The Morgan fingerprint density at radius 1 is 1.09 bits per heavy atom.